The standard InChI is InChI=1S/C15H33N3/c1-4-17(5-2)12-8-13-18(6-3)14-10-15-9-7-11-16-15/h15-16H,4-14H2,1-3H3. The van der Waals surface area contributed by atoms with E-state index in [1.54, 1.807) is 0 Å². The van der Waals surface area contributed by atoms with E-state index in [1.807, 2.05) is 0 Å². The van der Waals surface area contributed by atoms with Crippen LogP contribution in [0.15, 0.2) is 0 Å². The van der Waals surface area contributed by atoms with Gasteiger partial charge in [-0.2, -0.15) is 0 Å². The van der Waals surface area contributed by atoms with Crippen molar-refractivity contribution in [2.45, 2.75) is 52.5 Å². The number of hydrogen-bond acceptors (Lipinski definition) is 3. The summed E-state index contributed by atoms with van der Waals surface area (Å²) in [5.74, 6) is 0. The zero-order valence-electron chi connectivity index (χ0n) is 12.7. The minimum Gasteiger partial charge on any atom is -0.314 e. The normalized spacial score (nSPS) is 20.2. The summed E-state index contributed by atoms with van der Waals surface area (Å²) in [5.41, 5.74) is 0. The van der Waals surface area contributed by atoms with Crippen LogP contribution in [0, 0.1) is 0 Å². The molecule has 0 radical (unpaired) electrons. The van der Waals surface area contributed by atoms with Crippen LogP contribution in [0.25, 0.3) is 0 Å². The Bertz CT molecular complexity index is 186. The van der Waals surface area contributed by atoms with Gasteiger partial charge in [-0.25, -0.2) is 0 Å². The average molecular weight is 255 g/mol. The molecular weight excluding hydrogens is 222 g/mol. The maximum absolute atomic E-state index is 3.59. The van der Waals surface area contributed by atoms with Crippen LogP contribution < -0.4 is 5.32 Å². The molecule has 0 aromatic carbocycles. The van der Waals surface area contributed by atoms with Gasteiger partial charge in [-0.15, -0.1) is 0 Å². The smallest absolute Gasteiger partial charge is 0.00797 e. The molecule has 1 saturated heterocycles. The SMILES string of the molecule is CCN(CC)CCCN(CC)CCC1CCCN1. The Morgan fingerprint density at radius 3 is 2.17 bits per heavy atom. The Morgan fingerprint density at radius 1 is 0.944 bits per heavy atom. The van der Waals surface area contributed by atoms with E-state index in [4.69, 9.17) is 0 Å². The summed E-state index contributed by atoms with van der Waals surface area (Å²) in [7, 11) is 0. The second-order valence-corrected chi connectivity index (χ2v) is 5.40. The van der Waals surface area contributed by atoms with Gasteiger partial charge in [0.05, 0.1) is 0 Å². The maximum atomic E-state index is 3.59. The van der Waals surface area contributed by atoms with E-state index in [1.165, 1.54) is 71.5 Å². The molecule has 0 aromatic heterocycles. The van der Waals surface area contributed by atoms with E-state index in [9.17, 15) is 0 Å². The van der Waals surface area contributed by atoms with Crippen molar-refractivity contribution in [3.05, 3.63) is 0 Å². The first-order chi connectivity index (χ1) is 8.80. The lowest BCUT2D eigenvalue weighted by Crippen LogP contribution is -2.33. The third-order valence-electron chi connectivity index (χ3n) is 4.25. The molecule has 1 heterocycles. The van der Waals surface area contributed by atoms with Gasteiger partial charge in [-0.05, 0) is 71.5 Å². The first kappa shape index (κ1) is 15.9. The fraction of sp³-hybridized carbons (Fsp3) is 1.00. The van der Waals surface area contributed by atoms with Crippen LogP contribution >= 0.6 is 0 Å². The third kappa shape index (κ3) is 6.17. The average Bonchev–Trinajstić information content (AvgIpc) is 2.91. The van der Waals surface area contributed by atoms with Crippen LogP contribution in [0.2, 0.25) is 0 Å². The lowest BCUT2D eigenvalue weighted by atomic mass is 10.1. The molecule has 0 amide bonds. The summed E-state index contributed by atoms with van der Waals surface area (Å²) in [4.78, 5) is 5.13. The summed E-state index contributed by atoms with van der Waals surface area (Å²) in [6, 6.07) is 0.793. The molecular formula is C15H33N3. The molecule has 0 spiro atoms. The zero-order valence-corrected chi connectivity index (χ0v) is 12.7. The third-order valence-corrected chi connectivity index (χ3v) is 4.25. The molecule has 1 aliphatic heterocycles. The van der Waals surface area contributed by atoms with Crippen molar-refractivity contribution in [1.82, 2.24) is 15.1 Å². The van der Waals surface area contributed by atoms with Gasteiger partial charge in [0.25, 0.3) is 0 Å². The largest absolute Gasteiger partial charge is 0.314 e. The molecule has 0 aliphatic carbocycles. The van der Waals surface area contributed by atoms with Gasteiger partial charge in [0.2, 0.25) is 0 Å². The van der Waals surface area contributed by atoms with Crippen molar-refractivity contribution < 1.29 is 0 Å². The topological polar surface area (TPSA) is 18.5 Å². The number of hydrogen-bond donors (Lipinski definition) is 1. The van der Waals surface area contributed by atoms with Crippen LogP contribution in [0.1, 0.15) is 46.5 Å². The van der Waals surface area contributed by atoms with Gasteiger partial charge >= 0.3 is 0 Å². The maximum Gasteiger partial charge on any atom is 0.00797 e. The van der Waals surface area contributed by atoms with E-state index in [0.717, 1.165) is 6.04 Å². The van der Waals surface area contributed by atoms with Crippen LogP contribution in [0.5, 0.6) is 0 Å². The summed E-state index contributed by atoms with van der Waals surface area (Å²) in [6.45, 7) is 15.4. The first-order valence-corrected chi connectivity index (χ1v) is 7.98. The zero-order chi connectivity index (χ0) is 13.2. The van der Waals surface area contributed by atoms with Crippen molar-refractivity contribution in [2.75, 3.05) is 45.8 Å². The fourth-order valence-corrected chi connectivity index (χ4v) is 2.83. The Kier molecular flexibility index (Phi) is 8.64. The van der Waals surface area contributed by atoms with Crippen molar-refractivity contribution in [3.63, 3.8) is 0 Å². The molecule has 3 nitrogen and oxygen atoms in total. The second kappa shape index (κ2) is 9.76. The summed E-state index contributed by atoms with van der Waals surface area (Å²) < 4.78 is 0. The first-order valence-electron chi connectivity index (χ1n) is 7.98. The predicted octanol–water partition coefficient (Wildman–Crippen LogP) is 2.18. The molecule has 1 aliphatic rings. The van der Waals surface area contributed by atoms with Crippen LogP contribution in [0.4, 0.5) is 0 Å². The van der Waals surface area contributed by atoms with Crippen molar-refractivity contribution in [1.29, 1.82) is 0 Å². The molecule has 1 rings (SSSR count). The quantitative estimate of drug-likeness (QED) is 0.645. The Balaban J connectivity index is 2.08. The summed E-state index contributed by atoms with van der Waals surface area (Å²) in [5, 5.41) is 3.59. The summed E-state index contributed by atoms with van der Waals surface area (Å²) >= 11 is 0. The molecule has 1 fully saturated rings. The van der Waals surface area contributed by atoms with Gasteiger partial charge < -0.3 is 15.1 Å². The Hall–Kier alpha value is -0.120. The van der Waals surface area contributed by atoms with Gasteiger partial charge in [0.15, 0.2) is 0 Å². The van der Waals surface area contributed by atoms with Crippen molar-refractivity contribution in [3.8, 4) is 0 Å². The molecule has 3 heteroatoms. The van der Waals surface area contributed by atoms with Crippen LogP contribution in [0.3, 0.4) is 0 Å². The van der Waals surface area contributed by atoms with E-state index in [0.29, 0.717) is 0 Å². The molecule has 0 bridgehead atoms. The number of rotatable bonds is 10. The lowest BCUT2D eigenvalue weighted by molar-refractivity contribution is 0.236. The molecule has 0 aromatic rings. The second-order valence-electron chi connectivity index (χ2n) is 5.40. The van der Waals surface area contributed by atoms with E-state index >= 15 is 0 Å². The van der Waals surface area contributed by atoms with Crippen molar-refractivity contribution in [2.24, 2.45) is 0 Å². The van der Waals surface area contributed by atoms with Gasteiger partial charge in [0, 0.05) is 6.04 Å². The highest BCUT2D eigenvalue weighted by Gasteiger charge is 2.14. The molecule has 1 N–H and O–H groups in total. The highest BCUT2D eigenvalue weighted by molar-refractivity contribution is 4.75. The molecule has 108 valence electrons. The van der Waals surface area contributed by atoms with Gasteiger partial charge in [0.1, 0.15) is 0 Å². The van der Waals surface area contributed by atoms with E-state index in [2.05, 4.69) is 35.9 Å². The highest BCUT2D eigenvalue weighted by atomic mass is 15.1. The predicted molar refractivity (Wildman–Crippen MR) is 80.2 cm³/mol. The monoisotopic (exact) mass is 255 g/mol. The number of nitrogens with one attached hydrogen (secondary N) is 1. The summed E-state index contributed by atoms with van der Waals surface area (Å²) in [6.07, 6.45) is 5.41. The van der Waals surface area contributed by atoms with E-state index < -0.39 is 0 Å². The van der Waals surface area contributed by atoms with Crippen LogP contribution in [-0.4, -0.2) is 61.7 Å². The highest BCUT2D eigenvalue weighted by Crippen LogP contribution is 2.09. The molecule has 18 heavy (non-hydrogen) atoms. The Morgan fingerprint density at radius 2 is 1.61 bits per heavy atom. The fourth-order valence-electron chi connectivity index (χ4n) is 2.83. The lowest BCUT2D eigenvalue weighted by Gasteiger charge is -2.24. The van der Waals surface area contributed by atoms with Gasteiger partial charge in [-0.1, -0.05) is 20.8 Å². The van der Waals surface area contributed by atoms with E-state index in [-0.39, 0.29) is 0 Å². The Labute approximate surface area is 114 Å². The molecule has 0 saturated carbocycles. The van der Waals surface area contributed by atoms with Crippen LogP contribution in [-0.2, 0) is 0 Å². The van der Waals surface area contributed by atoms with Gasteiger partial charge in [-0.3, -0.25) is 0 Å². The number of nitrogens with zero attached hydrogens (tertiary/aromatic N) is 2. The molecule has 1 atom stereocenters. The minimum absolute atomic E-state index is 0.793. The minimum atomic E-state index is 0.793. The molecule has 1 unspecified atom stereocenters. The van der Waals surface area contributed by atoms with Crippen molar-refractivity contribution >= 4 is 0 Å².